The van der Waals surface area contributed by atoms with Crippen molar-refractivity contribution in [1.29, 1.82) is 0 Å². The van der Waals surface area contributed by atoms with Crippen LogP contribution in [0.25, 0.3) is 0 Å². The van der Waals surface area contributed by atoms with Gasteiger partial charge < -0.3 is 5.32 Å². The average Bonchev–Trinajstić information content (AvgIpc) is 2.74. The Hall–Kier alpha value is -2.01. The van der Waals surface area contributed by atoms with Crippen molar-refractivity contribution < 1.29 is 4.79 Å². The monoisotopic (exact) mass is 251 g/mol. The molecule has 6 heteroatoms. The minimum atomic E-state index is -0.358. The summed E-state index contributed by atoms with van der Waals surface area (Å²) in [6.45, 7) is 0.311. The third-order valence-electron chi connectivity index (χ3n) is 2.24. The van der Waals surface area contributed by atoms with Crippen molar-refractivity contribution >= 4 is 17.5 Å². The van der Waals surface area contributed by atoms with E-state index < -0.39 is 0 Å². The molecule has 0 atom stereocenters. The number of benzene rings is 1. The van der Waals surface area contributed by atoms with E-state index in [1.54, 1.807) is 6.07 Å². The summed E-state index contributed by atoms with van der Waals surface area (Å²) in [5, 5.41) is 8.01. The third-order valence-corrected chi connectivity index (χ3v) is 2.61. The SMILES string of the molecule is O=C(NCc1ccccc1Cl)c1cc(=O)[nH][nH]1. The fourth-order valence-electron chi connectivity index (χ4n) is 1.37. The van der Waals surface area contributed by atoms with Crippen LogP contribution in [0.15, 0.2) is 35.1 Å². The molecule has 5 nitrogen and oxygen atoms in total. The summed E-state index contributed by atoms with van der Waals surface area (Å²) in [7, 11) is 0. The molecule has 3 N–H and O–H groups in total. The fourth-order valence-corrected chi connectivity index (χ4v) is 1.57. The highest BCUT2D eigenvalue weighted by Crippen LogP contribution is 2.14. The van der Waals surface area contributed by atoms with Crippen LogP contribution in [-0.2, 0) is 6.54 Å². The Morgan fingerprint density at radius 1 is 1.29 bits per heavy atom. The van der Waals surface area contributed by atoms with Crippen molar-refractivity contribution in [1.82, 2.24) is 15.5 Å². The molecular weight excluding hydrogens is 242 g/mol. The van der Waals surface area contributed by atoms with Gasteiger partial charge in [-0.1, -0.05) is 29.8 Å². The largest absolute Gasteiger partial charge is 0.347 e. The molecule has 1 amide bonds. The summed E-state index contributed by atoms with van der Waals surface area (Å²) in [5.74, 6) is -0.358. The average molecular weight is 252 g/mol. The second-order valence-corrected chi connectivity index (χ2v) is 3.85. The molecular formula is C11H10ClN3O2. The van der Waals surface area contributed by atoms with Gasteiger partial charge in [0.05, 0.1) is 0 Å². The first-order chi connectivity index (χ1) is 8.16. The van der Waals surface area contributed by atoms with Gasteiger partial charge in [0.15, 0.2) is 0 Å². The van der Waals surface area contributed by atoms with Crippen molar-refractivity contribution in [2.24, 2.45) is 0 Å². The lowest BCUT2D eigenvalue weighted by Gasteiger charge is -2.05. The lowest BCUT2D eigenvalue weighted by atomic mass is 10.2. The Kier molecular flexibility index (Phi) is 3.30. The van der Waals surface area contributed by atoms with Crippen LogP contribution in [0.5, 0.6) is 0 Å². The second-order valence-electron chi connectivity index (χ2n) is 3.45. The Bertz CT molecular complexity index is 588. The summed E-state index contributed by atoms with van der Waals surface area (Å²) in [6.07, 6.45) is 0. The van der Waals surface area contributed by atoms with Crippen LogP contribution in [0.3, 0.4) is 0 Å². The fraction of sp³-hybridized carbons (Fsp3) is 0.0909. The number of amides is 1. The van der Waals surface area contributed by atoms with Gasteiger partial charge in [0.1, 0.15) is 5.69 Å². The molecule has 1 aromatic carbocycles. The van der Waals surface area contributed by atoms with Crippen LogP contribution in [0.2, 0.25) is 5.02 Å². The highest BCUT2D eigenvalue weighted by atomic mass is 35.5. The van der Waals surface area contributed by atoms with Crippen LogP contribution >= 0.6 is 11.6 Å². The number of carbonyl (C=O) groups is 1. The lowest BCUT2D eigenvalue weighted by Crippen LogP contribution is -2.23. The molecule has 2 rings (SSSR count). The van der Waals surface area contributed by atoms with E-state index in [9.17, 15) is 9.59 Å². The topological polar surface area (TPSA) is 77.8 Å². The quantitative estimate of drug-likeness (QED) is 0.769. The Morgan fingerprint density at radius 3 is 2.71 bits per heavy atom. The zero-order valence-corrected chi connectivity index (χ0v) is 9.54. The van der Waals surface area contributed by atoms with Crippen molar-refractivity contribution in [2.45, 2.75) is 6.54 Å². The molecule has 0 saturated heterocycles. The summed E-state index contributed by atoms with van der Waals surface area (Å²) in [6, 6.07) is 8.43. The lowest BCUT2D eigenvalue weighted by molar-refractivity contribution is 0.0946. The Balaban J connectivity index is 2.02. The molecule has 17 heavy (non-hydrogen) atoms. The number of H-pyrrole nitrogens is 2. The molecule has 0 aliphatic heterocycles. The predicted molar refractivity (Wildman–Crippen MR) is 64.0 cm³/mol. The number of aromatic amines is 2. The highest BCUT2D eigenvalue weighted by Gasteiger charge is 2.08. The van der Waals surface area contributed by atoms with Crippen LogP contribution in [0.4, 0.5) is 0 Å². The van der Waals surface area contributed by atoms with Gasteiger partial charge >= 0.3 is 0 Å². The molecule has 0 bridgehead atoms. The van der Waals surface area contributed by atoms with Gasteiger partial charge in [-0.25, -0.2) is 0 Å². The molecule has 1 heterocycles. The van der Waals surface area contributed by atoms with Gasteiger partial charge in [-0.3, -0.25) is 19.8 Å². The van der Waals surface area contributed by atoms with Crippen molar-refractivity contribution in [2.75, 3.05) is 0 Å². The smallest absolute Gasteiger partial charge is 0.269 e. The van der Waals surface area contributed by atoms with Gasteiger partial charge in [-0.15, -0.1) is 0 Å². The van der Waals surface area contributed by atoms with E-state index in [-0.39, 0.29) is 17.2 Å². The van der Waals surface area contributed by atoms with E-state index in [1.165, 1.54) is 6.07 Å². The summed E-state index contributed by atoms with van der Waals surface area (Å²) >= 11 is 5.94. The zero-order valence-electron chi connectivity index (χ0n) is 8.79. The predicted octanol–water partition coefficient (Wildman–Crippen LogP) is 1.29. The molecule has 0 saturated carbocycles. The first kappa shape index (κ1) is 11.5. The van der Waals surface area contributed by atoms with Gasteiger partial charge in [0.25, 0.3) is 11.5 Å². The molecule has 1 aromatic heterocycles. The van der Waals surface area contributed by atoms with Crippen molar-refractivity contribution in [3.8, 4) is 0 Å². The highest BCUT2D eigenvalue weighted by molar-refractivity contribution is 6.31. The zero-order chi connectivity index (χ0) is 12.3. The summed E-state index contributed by atoms with van der Waals surface area (Å²) in [4.78, 5) is 22.4. The van der Waals surface area contributed by atoms with Crippen molar-refractivity contribution in [3.63, 3.8) is 0 Å². The number of hydrogen-bond donors (Lipinski definition) is 3. The first-order valence-corrected chi connectivity index (χ1v) is 5.34. The number of rotatable bonds is 3. The second kappa shape index (κ2) is 4.88. The van der Waals surface area contributed by atoms with Gasteiger partial charge in [-0.2, -0.15) is 0 Å². The maximum Gasteiger partial charge on any atom is 0.269 e. The van der Waals surface area contributed by atoms with E-state index in [0.29, 0.717) is 11.6 Å². The van der Waals surface area contributed by atoms with Crippen LogP contribution in [0.1, 0.15) is 16.1 Å². The van der Waals surface area contributed by atoms with Gasteiger partial charge in [-0.05, 0) is 11.6 Å². The molecule has 0 aliphatic carbocycles. The van der Waals surface area contributed by atoms with E-state index in [1.807, 2.05) is 18.2 Å². The number of carbonyl (C=O) groups excluding carboxylic acids is 1. The van der Waals surface area contributed by atoms with E-state index in [2.05, 4.69) is 15.5 Å². The number of halogens is 1. The normalized spacial score (nSPS) is 10.2. The standard InChI is InChI=1S/C11H10ClN3O2/c12-8-4-2-1-3-7(8)6-13-11(17)9-5-10(16)15-14-9/h1-5H,6H2,(H,13,17)(H2,14,15,16). The number of aromatic nitrogens is 2. The van der Waals surface area contributed by atoms with E-state index in [0.717, 1.165) is 5.56 Å². The van der Waals surface area contributed by atoms with Crippen LogP contribution in [-0.4, -0.2) is 16.1 Å². The van der Waals surface area contributed by atoms with E-state index in [4.69, 9.17) is 11.6 Å². The minimum Gasteiger partial charge on any atom is -0.347 e. The molecule has 0 spiro atoms. The van der Waals surface area contributed by atoms with Gasteiger partial charge in [0.2, 0.25) is 0 Å². The maximum atomic E-state index is 11.6. The molecule has 0 fully saturated rings. The molecule has 0 radical (unpaired) electrons. The third kappa shape index (κ3) is 2.76. The molecule has 2 aromatic rings. The van der Waals surface area contributed by atoms with Crippen molar-refractivity contribution in [3.05, 3.63) is 57.0 Å². The first-order valence-electron chi connectivity index (χ1n) is 4.96. The number of hydrogen-bond acceptors (Lipinski definition) is 2. The minimum absolute atomic E-state index is 0.196. The van der Waals surface area contributed by atoms with E-state index >= 15 is 0 Å². The molecule has 88 valence electrons. The molecule has 0 aliphatic rings. The van der Waals surface area contributed by atoms with Crippen LogP contribution < -0.4 is 10.9 Å². The van der Waals surface area contributed by atoms with Gasteiger partial charge in [0, 0.05) is 17.6 Å². The summed E-state index contributed by atoms with van der Waals surface area (Å²) < 4.78 is 0. The Labute approximate surface area is 102 Å². The Morgan fingerprint density at radius 2 is 2.06 bits per heavy atom. The summed E-state index contributed by atoms with van der Waals surface area (Å²) in [5.41, 5.74) is 0.676. The molecule has 0 unspecified atom stereocenters. The van der Waals surface area contributed by atoms with Crippen LogP contribution in [0, 0.1) is 0 Å². The maximum absolute atomic E-state index is 11.6. The number of nitrogens with one attached hydrogen (secondary N) is 3.